The van der Waals surface area contributed by atoms with Crippen molar-refractivity contribution in [1.29, 1.82) is 0 Å². The number of hydrogen-bond donors (Lipinski definition) is 2. The van der Waals surface area contributed by atoms with Gasteiger partial charge in [-0.15, -0.1) is 0 Å². The maximum atomic E-state index is 12.2. The first-order valence-corrected chi connectivity index (χ1v) is 9.42. The van der Waals surface area contributed by atoms with E-state index in [0.717, 1.165) is 12.1 Å². The van der Waals surface area contributed by atoms with Gasteiger partial charge in [0.05, 0.1) is 11.3 Å². The van der Waals surface area contributed by atoms with Crippen LogP contribution in [0.4, 0.5) is 18.9 Å². The van der Waals surface area contributed by atoms with Gasteiger partial charge in [0, 0.05) is 11.1 Å². The van der Waals surface area contributed by atoms with Gasteiger partial charge in [0.1, 0.15) is 12.2 Å². The van der Waals surface area contributed by atoms with E-state index < -0.39 is 28.7 Å². The minimum absolute atomic E-state index is 0.0653. The fraction of sp³-hybridized carbons (Fsp3) is 0.176. The third kappa shape index (κ3) is 4.87. The van der Waals surface area contributed by atoms with Crippen LogP contribution in [0.2, 0.25) is 0 Å². The number of halogens is 3. The minimum atomic E-state index is -4.66. The van der Waals surface area contributed by atoms with Crippen molar-refractivity contribution in [3.8, 4) is 0 Å². The number of carbonyl (C=O) groups excluding carboxylic acids is 1. The minimum Gasteiger partial charge on any atom is -0.356 e. The molecule has 0 spiro atoms. The molecular formula is C17H14F3N3O4S. The fourth-order valence-electron chi connectivity index (χ4n) is 2.40. The topological polar surface area (TPSA) is 101 Å². The lowest BCUT2D eigenvalue weighted by atomic mass is 10.1. The first-order valence-electron chi connectivity index (χ1n) is 7.94. The van der Waals surface area contributed by atoms with Gasteiger partial charge < -0.3 is 9.84 Å². The molecule has 2 aromatic carbocycles. The highest BCUT2D eigenvalue weighted by Gasteiger charge is 2.30. The lowest BCUT2D eigenvalue weighted by Crippen LogP contribution is -2.33. The van der Waals surface area contributed by atoms with Crippen LogP contribution >= 0.6 is 0 Å². The lowest BCUT2D eigenvalue weighted by molar-refractivity contribution is -0.121. The summed E-state index contributed by atoms with van der Waals surface area (Å²) < 4.78 is 66.8. The van der Waals surface area contributed by atoms with E-state index in [1.807, 2.05) is 0 Å². The van der Waals surface area contributed by atoms with Crippen molar-refractivity contribution < 1.29 is 30.9 Å². The Bertz CT molecular complexity index is 1090. The molecule has 0 aliphatic heterocycles. The Morgan fingerprint density at radius 1 is 1.07 bits per heavy atom. The lowest BCUT2D eigenvalue weighted by Gasteiger charge is -2.10. The van der Waals surface area contributed by atoms with Gasteiger partial charge in [0.15, 0.2) is 5.58 Å². The van der Waals surface area contributed by atoms with Gasteiger partial charge in [0.25, 0.3) is 0 Å². The molecule has 7 nitrogen and oxygen atoms in total. The number of fused-ring (bicyclic) bond motifs is 1. The second kappa shape index (κ2) is 7.60. The van der Waals surface area contributed by atoms with Gasteiger partial charge in [-0.25, -0.2) is 13.1 Å². The van der Waals surface area contributed by atoms with Gasteiger partial charge in [-0.1, -0.05) is 17.3 Å². The van der Waals surface area contributed by atoms with E-state index in [9.17, 15) is 26.4 Å². The molecule has 0 fully saturated rings. The van der Waals surface area contributed by atoms with Gasteiger partial charge in [-0.2, -0.15) is 13.2 Å². The molecule has 0 radical (unpaired) electrons. The summed E-state index contributed by atoms with van der Waals surface area (Å²) in [6, 6.07) is 11.8. The summed E-state index contributed by atoms with van der Waals surface area (Å²) in [6.07, 6.45) is -4.73. The quantitative estimate of drug-likeness (QED) is 0.647. The summed E-state index contributed by atoms with van der Waals surface area (Å²) in [5, 5.41) is 7.12. The highest BCUT2D eigenvalue weighted by Crippen LogP contribution is 2.20. The number of anilines is 1. The van der Waals surface area contributed by atoms with E-state index in [1.54, 1.807) is 24.3 Å². The molecule has 1 heterocycles. The van der Waals surface area contributed by atoms with Crippen LogP contribution in [-0.2, 0) is 21.2 Å². The number of hydrogen-bond acceptors (Lipinski definition) is 5. The Labute approximate surface area is 157 Å². The van der Waals surface area contributed by atoms with Crippen molar-refractivity contribution in [2.75, 3.05) is 11.9 Å². The number of nitrogens with one attached hydrogen (secondary N) is 2. The first kappa shape index (κ1) is 19.8. The van der Waals surface area contributed by atoms with Gasteiger partial charge in [-0.3, -0.25) is 4.79 Å². The molecule has 0 unspecified atom stereocenters. The van der Waals surface area contributed by atoms with Crippen molar-refractivity contribution in [3.05, 3.63) is 54.2 Å². The van der Waals surface area contributed by atoms with Gasteiger partial charge in [0.2, 0.25) is 15.9 Å². The monoisotopic (exact) mass is 413 g/mol. The van der Waals surface area contributed by atoms with E-state index in [4.69, 9.17) is 4.52 Å². The average Bonchev–Trinajstić information content (AvgIpc) is 3.03. The zero-order valence-electron chi connectivity index (χ0n) is 14.2. The molecule has 1 amide bonds. The number of rotatable bonds is 6. The summed E-state index contributed by atoms with van der Waals surface area (Å²) in [7, 11) is -4.31. The standard InChI is InChI=1S/C17H14F3N3O4S/c18-17(19,20)10-21-28(25,26)12-7-5-11(6-8-12)22-16(24)9-14-13-3-1-2-4-15(13)27-23-14/h1-8,21H,9-10H2,(H,22,24). The van der Waals surface area contributed by atoms with E-state index in [1.165, 1.54) is 16.9 Å². The van der Waals surface area contributed by atoms with Crippen LogP contribution in [0.1, 0.15) is 5.69 Å². The highest BCUT2D eigenvalue weighted by molar-refractivity contribution is 7.89. The molecule has 0 aliphatic carbocycles. The molecule has 11 heteroatoms. The number of alkyl halides is 3. The maximum absolute atomic E-state index is 12.2. The molecule has 0 saturated carbocycles. The van der Waals surface area contributed by atoms with Crippen molar-refractivity contribution in [2.45, 2.75) is 17.5 Å². The molecule has 2 N–H and O–H groups in total. The van der Waals surface area contributed by atoms with Crippen LogP contribution in [0.3, 0.4) is 0 Å². The van der Waals surface area contributed by atoms with Crippen LogP contribution in [0.5, 0.6) is 0 Å². The number of nitrogens with zero attached hydrogens (tertiary/aromatic N) is 1. The molecule has 0 saturated heterocycles. The van der Waals surface area contributed by atoms with E-state index in [-0.39, 0.29) is 17.0 Å². The van der Waals surface area contributed by atoms with Crippen LogP contribution in [0, 0.1) is 0 Å². The zero-order valence-corrected chi connectivity index (χ0v) is 15.0. The van der Waals surface area contributed by atoms with E-state index in [0.29, 0.717) is 16.7 Å². The number of aromatic nitrogens is 1. The number of para-hydroxylation sites is 1. The molecule has 28 heavy (non-hydrogen) atoms. The summed E-state index contributed by atoms with van der Waals surface area (Å²) in [4.78, 5) is 11.8. The summed E-state index contributed by atoms with van der Waals surface area (Å²) >= 11 is 0. The number of amides is 1. The third-order valence-corrected chi connectivity index (χ3v) is 5.11. The van der Waals surface area contributed by atoms with Gasteiger partial charge in [-0.05, 0) is 36.4 Å². The molecule has 1 aromatic heterocycles. The highest BCUT2D eigenvalue weighted by atomic mass is 32.2. The van der Waals surface area contributed by atoms with Crippen LogP contribution in [-0.4, -0.2) is 32.2 Å². The molecule has 3 rings (SSSR count). The average molecular weight is 413 g/mol. The van der Waals surface area contributed by atoms with Crippen molar-refractivity contribution >= 4 is 32.6 Å². The fourth-order valence-corrected chi connectivity index (χ4v) is 3.42. The Hall–Kier alpha value is -2.92. The Morgan fingerprint density at radius 3 is 2.43 bits per heavy atom. The molecule has 148 valence electrons. The second-order valence-electron chi connectivity index (χ2n) is 5.81. The largest absolute Gasteiger partial charge is 0.402 e. The Morgan fingerprint density at radius 2 is 1.75 bits per heavy atom. The predicted molar refractivity (Wildman–Crippen MR) is 94.0 cm³/mol. The molecular weight excluding hydrogens is 399 g/mol. The number of carbonyl (C=O) groups is 1. The SMILES string of the molecule is O=C(Cc1noc2ccccc12)Nc1ccc(S(=O)(=O)NCC(F)(F)F)cc1. The van der Waals surface area contributed by atoms with Crippen molar-refractivity contribution in [1.82, 2.24) is 9.88 Å². The van der Waals surface area contributed by atoms with Crippen LogP contribution in [0.25, 0.3) is 11.0 Å². The first-order chi connectivity index (χ1) is 13.1. The summed E-state index contributed by atoms with van der Waals surface area (Å²) in [5.41, 5.74) is 1.28. The van der Waals surface area contributed by atoms with E-state index >= 15 is 0 Å². The normalized spacial score (nSPS) is 12.2. The predicted octanol–water partition coefficient (Wildman–Crippen LogP) is 2.85. The van der Waals surface area contributed by atoms with Crippen LogP contribution < -0.4 is 10.0 Å². The molecule has 0 atom stereocenters. The van der Waals surface area contributed by atoms with Crippen LogP contribution in [0.15, 0.2) is 57.9 Å². The number of benzene rings is 2. The maximum Gasteiger partial charge on any atom is 0.402 e. The zero-order chi connectivity index (χ0) is 20.4. The molecule has 0 bridgehead atoms. The Balaban J connectivity index is 1.64. The van der Waals surface area contributed by atoms with E-state index in [2.05, 4.69) is 10.5 Å². The number of sulfonamides is 1. The van der Waals surface area contributed by atoms with Crippen molar-refractivity contribution in [2.24, 2.45) is 0 Å². The summed E-state index contributed by atoms with van der Waals surface area (Å²) in [5.74, 6) is -0.412. The Kier molecular flexibility index (Phi) is 5.38. The summed E-state index contributed by atoms with van der Waals surface area (Å²) in [6.45, 7) is -1.67. The molecule has 0 aliphatic rings. The van der Waals surface area contributed by atoms with Crippen molar-refractivity contribution in [3.63, 3.8) is 0 Å². The molecule has 3 aromatic rings. The van der Waals surface area contributed by atoms with Gasteiger partial charge >= 0.3 is 6.18 Å². The third-order valence-electron chi connectivity index (χ3n) is 3.69. The smallest absolute Gasteiger partial charge is 0.356 e. The second-order valence-corrected chi connectivity index (χ2v) is 7.58.